The van der Waals surface area contributed by atoms with Crippen LogP contribution in [0.5, 0.6) is 5.75 Å². The fourth-order valence-corrected chi connectivity index (χ4v) is 2.07. The monoisotopic (exact) mass is 260 g/mol. The van der Waals surface area contributed by atoms with Gasteiger partial charge in [-0.2, -0.15) is 5.10 Å². The van der Waals surface area contributed by atoms with Crippen molar-refractivity contribution in [3.05, 3.63) is 35.7 Å². The molecular weight excluding hydrogens is 244 g/mol. The Morgan fingerprint density at radius 1 is 1.42 bits per heavy atom. The summed E-state index contributed by atoms with van der Waals surface area (Å²) in [5.74, 6) is -0.184. The Balaban J connectivity index is 2.57. The van der Waals surface area contributed by atoms with Crippen LogP contribution in [0.2, 0.25) is 0 Å². The number of aryl methyl sites for hydroxylation is 2. The Morgan fingerprint density at radius 3 is 2.79 bits per heavy atom. The summed E-state index contributed by atoms with van der Waals surface area (Å²) in [6.45, 7) is 1.98. The van der Waals surface area contributed by atoms with Gasteiger partial charge in [-0.25, -0.2) is 0 Å². The SMILES string of the molecule is COc1ccc(C)cc1-c1cn(C)nc1CC(=O)O. The number of benzene rings is 1. The van der Waals surface area contributed by atoms with Crippen LogP contribution in [0.1, 0.15) is 11.3 Å². The van der Waals surface area contributed by atoms with E-state index in [0.717, 1.165) is 16.7 Å². The van der Waals surface area contributed by atoms with E-state index in [1.54, 1.807) is 18.8 Å². The molecule has 1 aromatic heterocycles. The molecule has 0 aliphatic heterocycles. The molecule has 0 saturated heterocycles. The molecule has 1 N–H and O–H groups in total. The minimum atomic E-state index is -0.897. The summed E-state index contributed by atoms with van der Waals surface area (Å²) in [4.78, 5) is 10.9. The molecule has 100 valence electrons. The van der Waals surface area contributed by atoms with Crippen LogP contribution in [-0.4, -0.2) is 28.0 Å². The third kappa shape index (κ3) is 2.76. The number of carbonyl (C=O) groups is 1. The molecule has 1 aromatic carbocycles. The Morgan fingerprint density at radius 2 is 2.16 bits per heavy atom. The van der Waals surface area contributed by atoms with E-state index in [9.17, 15) is 4.79 Å². The Bertz CT molecular complexity index is 617. The van der Waals surface area contributed by atoms with Crippen molar-refractivity contribution in [2.45, 2.75) is 13.3 Å². The van der Waals surface area contributed by atoms with E-state index in [4.69, 9.17) is 9.84 Å². The third-order valence-electron chi connectivity index (χ3n) is 2.87. The first-order chi connectivity index (χ1) is 9.01. The molecule has 0 atom stereocenters. The fraction of sp³-hybridized carbons (Fsp3) is 0.286. The van der Waals surface area contributed by atoms with Crippen LogP contribution >= 0.6 is 0 Å². The van der Waals surface area contributed by atoms with Crippen molar-refractivity contribution in [3.63, 3.8) is 0 Å². The van der Waals surface area contributed by atoms with E-state index in [2.05, 4.69) is 5.10 Å². The second-order valence-corrected chi connectivity index (χ2v) is 4.44. The molecule has 5 nitrogen and oxygen atoms in total. The highest BCUT2D eigenvalue weighted by Crippen LogP contribution is 2.32. The number of carboxylic acid groups (broad SMARTS) is 1. The van der Waals surface area contributed by atoms with Gasteiger partial charge in [0.25, 0.3) is 0 Å². The number of methoxy groups -OCH3 is 1. The van der Waals surface area contributed by atoms with Gasteiger partial charge >= 0.3 is 5.97 Å². The van der Waals surface area contributed by atoms with Gasteiger partial charge in [-0.1, -0.05) is 11.6 Å². The minimum absolute atomic E-state index is 0.104. The maximum atomic E-state index is 10.9. The first kappa shape index (κ1) is 13.1. The highest BCUT2D eigenvalue weighted by molar-refractivity contribution is 5.78. The Hall–Kier alpha value is -2.30. The smallest absolute Gasteiger partial charge is 0.309 e. The molecule has 2 aromatic rings. The number of carboxylic acids is 1. The van der Waals surface area contributed by atoms with Crippen molar-refractivity contribution in [2.24, 2.45) is 7.05 Å². The van der Waals surface area contributed by atoms with Crippen molar-refractivity contribution in [2.75, 3.05) is 7.11 Å². The molecule has 0 radical (unpaired) electrons. The molecule has 2 rings (SSSR count). The quantitative estimate of drug-likeness (QED) is 0.913. The first-order valence-electron chi connectivity index (χ1n) is 5.90. The number of aliphatic carboxylic acids is 1. The van der Waals surface area contributed by atoms with Crippen molar-refractivity contribution < 1.29 is 14.6 Å². The number of ether oxygens (including phenoxy) is 1. The maximum absolute atomic E-state index is 10.9. The topological polar surface area (TPSA) is 64.4 Å². The van der Waals surface area contributed by atoms with E-state index >= 15 is 0 Å². The fourth-order valence-electron chi connectivity index (χ4n) is 2.07. The van der Waals surface area contributed by atoms with Crippen LogP contribution in [0.3, 0.4) is 0 Å². The number of hydrogen-bond acceptors (Lipinski definition) is 3. The molecule has 0 bridgehead atoms. The lowest BCUT2D eigenvalue weighted by Crippen LogP contribution is -2.03. The van der Waals surface area contributed by atoms with E-state index in [1.165, 1.54) is 0 Å². The highest BCUT2D eigenvalue weighted by atomic mass is 16.5. The van der Waals surface area contributed by atoms with Gasteiger partial charge in [0.05, 0.1) is 19.2 Å². The molecule has 0 fully saturated rings. The van der Waals surface area contributed by atoms with Gasteiger partial charge in [0.2, 0.25) is 0 Å². The average molecular weight is 260 g/mol. The Kier molecular flexibility index (Phi) is 3.55. The van der Waals surface area contributed by atoms with Gasteiger partial charge in [-0.3, -0.25) is 9.48 Å². The van der Waals surface area contributed by atoms with Crippen molar-refractivity contribution in [3.8, 4) is 16.9 Å². The van der Waals surface area contributed by atoms with Crippen LogP contribution in [0.4, 0.5) is 0 Å². The van der Waals surface area contributed by atoms with Gasteiger partial charge in [-0.05, 0) is 19.1 Å². The largest absolute Gasteiger partial charge is 0.496 e. The number of rotatable bonds is 4. The van der Waals surface area contributed by atoms with E-state index in [-0.39, 0.29) is 6.42 Å². The van der Waals surface area contributed by atoms with Crippen LogP contribution in [-0.2, 0) is 18.3 Å². The normalized spacial score (nSPS) is 10.5. The highest BCUT2D eigenvalue weighted by Gasteiger charge is 2.16. The Labute approximate surface area is 111 Å². The van der Waals surface area contributed by atoms with Crippen molar-refractivity contribution in [1.82, 2.24) is 9.78 Å². The second kappa shape index (κ2) is 5.14. The molecule has 0 unspecified atom stereocenters. The molecule has 19 heavy (non-hydrogen) atoms. The van der Waals surface area contributed by atoms with E-state index in [0.29, 0.717) is 11.4 Å². The summed E-state index contributed by atoms with van der Waals surface area (Å²) in [5.41, 5.74) is 3.29. The summed E-state index contributed by atoms with van der Waals surface area (Å²) >= 11 is 0. The predicted molar refractivity (Wildman–Crippen MR) is 71.3 cm³/mol. The first-order valence-corrected chi connectivity index (χ1v) is 5.90. The summed E-state index contributed by atoms with van der Waals surface area (Å²) in [6, 6.07) is 5.80. The summed E-state index contributed by atoms with van der Waals surface area (Å²) in [6.07, 6.45) is 1.71. The van der Waals surface area contributed by atoms with Crippen molar-refractivity contribution in [1.29, 1.82) is 0 Å². The van der Waals surface area contributed by atoms with Gasteiger partial charge < -0.3 is 9.84 Å². The molecule has 0 amide bonds. The zero-order chi connectivity index (χ0) is 14.0. The van der Waals surface area contributed by atoms with Crippen molar-refractivity contribution >= 4 is 5.97 Å². The zero-order valence-corrected chi connectivity index (χ0v) is 11.2. The third-order valence-corrected chi connectivity index (χ3v) is 2.87. The molecule has 0 saturated carbocycles. The van der Waals surface area contributed by atoms with Crippen LogP contribution in [0.25, 0.3) is 11.1 Å². The molecular formula is C14H16N2O3. The summed E-state index contributed by atoms with van der Waals surface area (Å²) in [5, 5.41) is 13.2. The summed E-state index contributed by atoms with van der Waals surface area (Å²) < 4.78 is 6.96. The maximum Gasteiger partial charge on any atom is 0.309 e. The van der Waals surface area contributed by atoms with Gasteiger partial charge in [0.15, 0.2) is 0 Å². The van der Waals surface area contributed by atoms with Gasteiger partial charge in [-0.15, -0.1) is 0 Å². The standard InChI is InChI=1S/C14H16N2O3/c1-9-4-5-13(19-3)10(6-9)11-8-16(2)15-12(11)7-14(17)18/h4-6,8H,7H2,1-3H3,(H,17,18). The zero-order valence-electron chi connectivity index (χ0n) is 11.2. The second-order valence-electron chi connectivity index (χ2n) is 4.44. The van der Waals surface area contributed by atoms with E-state index in [1.807, 2.05) is 31.3 Å². The molecule has 5 heteroatoms. The number of hydrogen-bond donors (Lipinski definition) is 1. The number of nitrogens with zero attached hydrogens (tertiary/aromatic N) is 2. The molecule has 0 spiro atoms. The minimum Gasteiger partial charge on any atom is -0.496 e. The molecule has 1 heterocycles. The van der Waals surface area contributed by atoms with Gasteiger partial charge in [0.1, 0.15) is 5.75 Å². The average Bonchev–Trinajstić information content (AvgIpc) is 2.69. The lowest BCUT2D eigenvalue weighted by molar-refractivity contribution is -0.136. The molecule has 0 aliphatic rings. The number of aromatic nitrogens is 2. The van der Waals surface area contributed by atoms with Crippen LogP contribution in [0, 0.1) is 6.92 Å². The van der Waals surface area contributed by atoms with E-state index < -0.39 is 5.97 Å². The predicted octanol–water partition coefficient (Wildman–Crippen LogP) is 2.03. The molecule has 0 aliphatic carbocycles. The lowest BCUT2D eigenvalue weighted by Gasteiger charge is -2.09. The van der Waals surface area contributed by atoms with Gasteiger partial charge in [0, 0.05) is 24.4 Å². The van der Waals surface area contributed by atoms with Crippen LogP contribution in [0.15, 0.2) is 24.4 Å². The lowest BCUT2D eigenvalue weighted by atomic mass is 10.0. The summed E-state index contributed by atoms with van der Waals surface area (Å²) in [7, 11) is 3.37. The van der Waals surface area contributed by atoms with Crippen LogP contribution < -0.4 is 4.74 Å².